The van der Waals surface area contributed by atoms with E-state index >= 15 is 0 Å². The minimum atomic E-state index is 1.05. The molecule has 5 nitrogen and oxygen atoms in total. The zero-order valence-corrected chi connectivity index (χ0v) is 8.88. The van der Waals surface area contributed by atoms with Crippen LogP contribution >= 0.6 is 0 Å². The number of hydrogen-bond acceptors (Lipinski definition) is 5. The summed E-state index contributed by atoms with van der Waals surface area (Å²) >= 11 is 0. The van der Waals surface area contributed by atoms with Crippen molar-refractivity contribution >= 4 is 0 Å². The third-order valence-electron chi connectivity index (χ3n) is 2.22. The van der Waals surface area contributed by atoms with Gasteiger partial charge in [-0.2, -0.15) is 0 Å². The van der Waals surface area contributed by atoms with E-state index in [1.165, 1.54) is 12.8 Å². The van der Waals surface area contributed by atoms with Crippen molar-refractivity contribution in [2.75, 3.05) is 33.7 Å². The van der Waals surface area contributed by atoms with Crippen molar-refractivity contribution in [3.8, 4) is 0 Å². The van der Waals surface area contributed by atoms with E-state index in [1.54, 1.807) is 0 Å². The largest absolute Gasteiger partial charge is 0.242 e. The van der Waals surface area contributed by atoms with E-state index in [2.05, 4.69) is 27.9 Å². The second-order valence-corrected chi connectivity index (χ2v) is 3.17. The third kappa shape index (κ3) is 2.62. The molecule has 1 aliphatic heterocycles. The lowest BCUT2D eigenvalue weighted by molar-refractivity contribution is -0.260. The second kappa shape index (κ2) is 5.51. The Hall–Kier alpha value is -0.200. The zero-order chi connectivity index (χ0) is 9.68. The maximum Gasteiger partial charge on any atom is 0.0331 e. The maximum absolute atomic E-state index is 3.16. The van der Waals surface area contributed by atoms with Gasteiger partial charge in [-0.1, -0.05) is 12.2 Å². The molecular weight excluding hydrogens is 166 g/mol. The molecule has 0 atom stereocenters. The molecule has 0 aromatic carbocycles. The van der Waals surface area contributed by atoms with Crippen molar-refractivity contribution in [3.63, 3.8) is 0 Å². The molecule has 1 fully saturated rings. The van der Waals surface area contributed by atoms with Crippen molar-refractivity contribution in [1.82, 2.24) is 26.2 Å². The summed E-state index contributed by atoms with van der Waals surface area (Å²) in [4.78, 5) is 0. The molecule has 0 aliphatic carbocycles. The van der Waals surface area contributed by atoms with Gasteiger partial charge in [-0.15, -0.1) is 5.12 Å². The summed E-state index contributed by atoms with van der Waals surface area (Å²) in [6.07, 6.45) is 2.38. The normalized spacial score (nSPS) is 22.4. The van der Waals surface area contributed by atoms with Crippen LogP contribution in [-0.4, -0.2) is 49.1 Å². The molecule has 0 saturated carbocycles. The molecular formula is C8H21N5. The van der Waals surface area contributed by atoms with Gasteiger partial charge in [0.1, 0.15) is 0 Å². The van der Waals surface area contributed by atoms with Crippen LogP contribution in [0.25, 0.3) is 0 Å². The van der Waals surface area contributed by atoms with E-state index in [0.29, 0.717) is 0 Å². The second-order valence-electron chi connectivity index (χ2n) is 3.17. The van der Waals surface area contributed by atoms with Crippen molar-refractivity contribution in [3.05, 3.63) is 0 Å². The van der Waals surface area contributed by atoms with Crippen LogP contribution in [0.4, 0.5) is 0 Å². The topological polar surface area (TPSA) is 33.8 Å². The molecule has 0 spiro atoms. The lowest BCUT2D eigenvalue weighted by atomic mass is 10.3. The first kappa shape index (κ1) is 10.9. The molecule has 0 radical (unpaired) electrons. The highest BCUT2D eigenvalue weighted by Gasteiger charge is 2.23. The molecule has 0 aromatic rings. The predicted octanol–water partition coefficient (Wildman–Crippen LogP) is -0.195. The van der Waals surface area contributed by atoms with Crippen molar-refractivity contribution in [2.45, 2.75) is 19.8 Å². The molecule has 2 N–H and O–H groups in total. The Morgan fingerprint density at radius 2 is 1.92 bits per heavy atom. The van der Waals surface area contributed by atoms with E-state index in [9.17, 15) is 0 Å². The summed E-state index contributed by atoms with van der Waals surface area (Å²) in [5, 5.41) is 6.44. The molecule has 13 heavy (non-hydrogen) atoms. The Morgan fingerprint density at radius 1 is 1.15 bits per heavy atom. The first-order valence-corrected chi connectivity index (χ1v) is 5.00. The van der Waals surface area contributed by atoms with Crippen LogP contribution in [0.5, 0.6) is 0 Å². The fraction of sp³-hybridized carbons (Fsp3) is 1.00. The van der Waals surface area contributed by atoms with Crippen LogP contribution in [-0.2, 0) is 0 Å². The summed E-state index contributed by atoms with van der Waals surface area (Å²) < 4.78 is 0. The number of hydrazine groups is 4. The SMILES string of the molecule is CCCN1CCCN(NC)N1NC. The van der Waals surface area contributed by atoms with Gasteiger partial charge in [-0.3, -0.25) is 0 Å². The van der Waals surface area contributed by atoms with Crippen LogP contribution in [0.15, 0.2) is 0 Å². The third-order valence-corrected chi connectivity index (χ3v) is 2.22. The Morgan fingerprint density at radius 3 is 2.46 bits per heavy atom. The van der Waals surface area contributed by atoms with E-state index in [-0.39, 0.29) is 0 Å². The maximum atomic E-state index is 3.16. The highest BCUT2D eigenvalue weighted by Crippen LogP contribution is 2.07. The van der Waals surface area contributed by atoms with Gasteiger partial charge in [0.05, 0.1) is 0 Å². The van der Waals surface area contributed by atoms with E-state index in [1.807, 2.05) is 19.3 Å². The molecule has 1 saturated heterocycles. The lowest BCUT2D eigenvalue weighted by Crippen LogP contribution is -2.65. The lowest BCUT2D eigenvalue weighted by Gasteiger charge is -2.44. The summed E-state index contributed by atoms with van der Waals surface area (Å²) in [7, 11) is 3.89. The first-order valence-electron chi connectivity index (χ1n) is 5.00. The fourth-order valence-corrected chi connectivity index (χ4v) is 1.68. The molecule has 1 heterocycles. The Bertz CT molecular complexity index is 138. The average Bonchev–Trinajstić information content (AvgIpc) is 2.18. The van der Waals surface area contributed by atoms with Gasteiger partial charge < -0.3 is 0 Å². The number of nitrogens with one attached hydrogen (secondary N) is 2. The van der Waals surface area contributed by atoms with Gasteiger partial charge in [-0.25, -0.2) is 15.9 Å². The molecule has 78 valence electrons. The Labute approximate surface area is 80.5 Å². The van der Waals surface area contributed by atoms with Crippen LogP contribution in [0.3, 0.4) is 0 Å². The van der Waals surface area contributed by atoms with E-state index in [0.717, 1.165) is 19.6 Å². The molecule has 0 aromatic heterocycles. The molecule has 1 aliphatic rings. The summed E-state index contributed by atoms with van der Waals surface area (Å²) in [6, 6.07) is 0. The van der Waals surface area contributed by atoms with Gasteiger partial charge in [0.15, 0.2) is 0 Å². The van der Waals surface area contributed by atoms with Gasteiger partial charge in [0.25, 0.3) is 0 Å². The van der Waals surface area contributed by atoms with Crippen LogP contribution in [0, 0.1) is 0 Å². The highest BCUT2D eigenvalue weighted by atomic mass is 16.1. The van der Waals surface area contributed by atoms with E-state index < -0.39 is 0 Å². The van der Waals surface area contributed by atoms with E-state index in [4.69, 9.17) is 0 Å². The van der Waals surface area contributed by atoms with Crippen molar-refractivity contribution in [1.29, 1.82) is 0 Å². The molecule has 1 rings (SSSR count). The predicted molar refractivity (Wildman–Crippen MR) is 53.1 cm³/mol. The molecule has 0 unspecified atom stereocenters. The van der Waals surface area contributed by atoms with Gasteiger partial charge in [0, 0.05) is 33.7 Å². The van der Waals surface area contributed by atoms with Gasteiger partial charge in [-0.05, 0) is 12.8 Å². The number of rotatable bonds is 4. The molecule has 0 amide bonds. The number of nitrogens with zero attached hydrogens (tertiary/aromatic N) is 3. The van der Waals surface area contributed by atoms with Crippen molar-refractivity contribution in [2.24, 2.45) is 0 Å². The minimum Gasteiger partial charge on any atom is -0.242 e. The van der Waals surface area contributed by atoms with Crippen molar-refractivity contribution < 1.29 is 0 Å². The molecule has 0 bridgehead atoms. The van der Waals surface area contributed by atoms with Crippen LogP contribution in [0.1, 0.15) is 19.8 Å². The van der Waals surface area contributed by atoms with Crippen LogP contribution < -0.4 is 10.9 Å². The monoisotopic (exact) mass is 187 g/mol. The highest BCUT2D eigenvalue weighted by molar-refractivity contribution is 4.59. The Balaban J connectivity index is 2.50. The average molecular weight is 187 g/mol. The standard InChI is InChI=1S/C8H21N5/c1-4-6-11-7-5-8-12(9-2)13(11)10-3/h9-10H,4-8H2,1-3H3. The fourth-order valence-electron chi connectivity index (χ4n) is 1.68. The summed E-state index contributed by atoms with van der Waals surface area (Å²) in [5.74, 6) is 0. The minimum absolute atomic E-state index is 1.05. The first-order chi connectivity index (χ1) is 6.33. The van der Waals surface area contributed by atoms with Gasteiger partial charge >= 0.3 is 0 Å². The zero-order valence-electron chi connectivity index (χ0n) is 8.88. The summed E-state index contributed by atoms with van der Waals surface area (Å²) in [6.45, 7) is 5.48. The smallest absolute Gasteiger partial charge is 0.0331 e. The van der Waals surface area contributed by atoms with Crippen LogP contribution in [0.2, 0.25) is 0 Å². The van der Waals surface area contributed by atoms with Gasteiger partial charge in [0.2, 0.25) is 0 Å². The summed E-state index contributed by atoms with van der Waals surface area (Å²) in [5.41, 5.74) is 6.31. The quantitative estimate of drug-likeness (QED) is 0.637. The molecule has 5 heteroatoms. The number of hydrogen-bond donors (Lipinski definition) is 2. The Kier molecular flexibility index (Phi) is 4.61.